The average molecular weight is 571 g/mol. The quantitative estimate of drug-likeness (QED) is 0.301. The van der Waals surface area contributed by atoms with Gasteiger partial charge in [-0.15, -0.1) is 0 Å². The van der Waals surface area contributed by atoms with Gasteiger partial charge in [0, 0.05) is 29.6 Å². The van der Waals surface area contributed by atoms with Gasteiger partial charge in [-0.25, -0.2) is 4.79 Å². The molecular weight excluding hydrogens is 541 g/mol. The van der Waals surface area contributed by atoms with Crippen molar-refractivity contribution >= 4 is 46.6 Å². The van der Waals surface area contributed by atoms with Gasteiger partial charge in [0.2, 0.25) is 0 Å². The lowest BCUT2D eigenvalue weighted by Crippen LogP contribution is -2.43. The van der Waals surface area contributed by atoms with Crippen LogP contribution in [-0.4, -0.2) is 47.5 Å². The van der Waals surface area contributed by atoms with Crippen LogP contribution in [0.15, 0.2) is 60.7 Å². The van der Waals surface area contributed by atoms with Crippen molar-refractivity contribution in [1.29, 1.82) is 0 Å². The molecule has 3 aromatic rings. The fourth-order valence-electron chi connectivity index (χ4n) is 5.34. The summed E-state index contributed by atoms with van der Waals surface area (Å²) in [6.45, 7) is 3.26. The van der Waals surface area contributed by atoms with Crippen molar-refractivity contribution in [3.05, 3.63) is 87.4 Å². The van der Waals surface area contributed by atoms with Gasteiger partial charge in [0.05, 0.1) is 5.02 Å². The highest BCUT2D eigenvalue weighted by Crippen LogP contribution is 2.44. The number of nitrogens with one attached hydrogen (secondary N) is 2. The number of nitrogens with zero attached hydrogens (tertiary/aromatic N) is 1. The van der Waals surface area contributed by atoms with Crippen LogP contribution in [0.2, 0.25) is 10.0 Å². The Balaban J connectivity index is 1.04. The van der Waals surface area contributed by atoms with E-state index in [9.17, 15) is 9.90 Å². The lowest BCUT2D eigenvalue weighted by Gasteiger charge is -2.32. The van der Waals surface area contributed by atoms with Crippen molar-refractivity contribution < 1.29 is 14.6 Å². The van der Waals surface area contributed by atoms with Crippen molar-refractivity contribution in [2.24, 2.45) is 5.92 Å². The second-order valence-corrected chi connectivity index (χ2v) is 11.0. The Morgan fingerprint density at radius 2 is 1.66 bits per heavy atom. The molecule has 1 heterocycles. The summed E-state index contributed by atoms with van der Waals surface area (Å²) >= 11 is 17.5. The van der Waals surface area contributed by atoms with E-state index < -0.39 is 6.09 Å². The number of halogens is 2. The van der Waals surface area contributed by atoms with Crippen LogP contribution in [0.25, 0.3) is 11.1 Å². The monoisotopic (exact) mass is 569 g/mol. The van der Waals surface area contributed by atoms with Crippen LogP contribution >= 0.6 is 35.4 Å². The van der Waals surface area contributed by atoms with Crippen molar-refractivity contribution in [2.75, 3.05) is 26.2 Å². The summed E-state index contributed by atoms with van der Waals surface area (Å²) in [5.41, 5.74) is 5.44. The van der Waals surface area contributed by atoms with Crippen molar-refractivity contribution in [2.45, 2.75) is 25.3 Å². The Labute approximate surface area is 237 Å². The Bertz CT molecular complexity index is 1300. The number of carbonyl (C=O) groups is 1. The largest absolute Gasteiger partial charge is 0.506 e. The van der Waals surface area contributed by atoms with E-state index in [1.54, 1.807) is 12.1 Å². The molecule has 1 aliphatic carbocycles. The predicted molar refractivity (Wildman–Crippen MR) is 155 cm³/mol. The lowest BCUT2D eigenvalue weighted by atomic mass is 9.96. The van der Waals surface area contributed by atoms with Crippen LogP contribution in [0, 0.1) is 5.92 Å². The summed E-state index contributed by atoms with van der Waals surface area (Å²) in [5.74, 6) is 0.513. The number of phenols is 1. The van der Waals surface area contributed by atoms with E-state index in [1.807, 2.05) is 24.3 Å². The number of phenolic OH excluding ortho intramolecular Hbond substituents is 1. The average Bonchev–Trinajstić information content (AvgIpc) is 3.23. The number of hydrogen-bond acceptors (Lipinski definition) is 5. The summed E-state index contributed by atoms with van der Waals surface area (Å²) < 4.78 is 5.58. The van der Waals surface area contributed by atoms with E-state index in [0.29, 0.717) is 24.0 Å². The minimum absolute atomic E-state index is 0.00437. The van der Waals surface area contributed by atoms with E-state index >= 15 is 0 Å². The third kappa shape index (κ3) is 6.07. The van der Waals surface area contributed by atoms with Gasteiger partial charge in [-0.2, -0.15) is 0 Å². The molecule has 0 radical (unpaired) electrons. The fourth-order valence-corrected chi connectivity index (χ4v) is 6.04. The Morgan fingerprint density at radius 1 is 1.03 bits per heavy atom. The summed E-state index contributed by atoms with van der Waals surface area (Å²) in [4.78, 5) is 14.7. The molecule has 0 atom stereocenters. The number of ether oxygens (including phenoxy) is 1. The molecule has 0 saturated carbocycles. The molecule has 1 amide bonds. The smallest absolute Gasteiger partial charge is 0.413 e. The topological polar surface area (TPSA) is 73.8 Å². The van der Waals surface area contributed by atoms with Gasteiger partial charge in [0.1, 0.15) is 12.4 Å². The Kier molecular flexibility index (Phi) is 8.39. The van der Waals surface area contributed by atoms with Gasteiger partial charge in [0.15, 0.2) is 5.11 Å². The molecule has 5 rings (SSSR count). The molecule has 6 nitrogen and oxygen atoms in total. The Hall–Kier alpha value is -2.84. The first-order valence-corrected chi connectivity index (χ1v) is 13.8. The van der Waals surface area contributed by atoms with Crippen LogP contribution in [-0.2, 0) is 11.3 Å². The second kappa shape index (κ2) is 11.9. The molecule has 3 N–H and O–H groups in total. The van der Waals surface area contributed by atoms with Gasteiger partial charge >= 0.3 is 6.09 Å². The summed E-state index contributed by atoms with van der Waals surface area (Å²) in [5, 5.41) is 17.1. The molecule has 3 aromatic carbocycles. The number of amides is 1. The third-order valence-corrected chi connectivity index (χ3v) is 8.07. The number of piperidine rings is 1. The number of carbonyl (C=O) groups excluding carboxylic acids is 1. The highest BCUT2D eigenvalue weighted by Gasteiger charge is 2.29. The zero-order chi connectivity index (χ0) is 26.6. The van der Waals surface area contributed by atoms with Crippen LogP contribution < -0.4 is 10.6 Å². The van der Waals surface area contributed by atoms with Gasteiger partial charge in [-0.1, -0.05) is 71.7 Å². The minimum Gasteiger partial charge on any atom is -0.506 e. The molecule has 9 heteroatoms. The zero-order valence-electron chi connectivity index (χ0n) is 20.8. The fraction of sp³-hybridized carbons (Fsp3) is 0.310. The molecule has 38 heavy (non-hydrogen) atoms. The molecule has 0 spiro atoms. The highest BCUT2D eigenvalue weighted by atomic mass is 35.5. The van der Waals surface area contributed by atoms with Gasteiger partial charge < -0.3 is 15.2 Å². The first-order chi connectivity index (χ1) is 18.4. The third-order valence-electron chi connectivity index (χ3n) is 7.32. The first-order valence-electron chi connectivity index (χ1n) is 12.7. The summed E-state index contributed by atoms with van der Waals surface area (Å²) in [7, 11) is 0. The highest BCUT2D eigenvalue weighted by molar-refractivity contribution is 7.80. The minimum atomic E-state index is -0.556. The summed E-state index contributed by atoms with van der Waals surface area (Å²) in [6.07, 6.45) is 1.38. The van der Waals surface area contributed by atoms with Crippen molar-refractivity contribution in [3.63, 3.8) is 0 Å². The molecule has 0 bridgehead atoms. The van der Waals surface area contributed by atoms with Crippen LogP contribution in [0.1, 0.15) is 35.4 Å². The number of benzene rings is 3. The molecule has 198 valence electrons. The van der Waals surface area contributed by atoms with E-state index in [-0.39, 0.29) is 28.4 Å². The number of thiocarbonyl (C=S) groups is 1. The maximum absolute atomic E-state index is 12.5. The van der Waals surface area contributed by atoms with Gasteiger partial charge in [-0.05, 0) is 78.5 Å². The van der Waals surface area contributed by atoms with Crippen LogP contribution in [0.5, 0.6) is 5.75 Å². The second-order valence-electron chi connectivity index (χ2n) is 9.78. The molecule has 1 fully saturated rings. The SMILES string of the molecule is O=C(NC(=S)NCC1CCN(Cc2cc(Cl)cc(Cl)c2O)CC1)OCC1c2ccccc2-c2ccccc21. The number of hydrogen-bond donors (Lipinski definition) is 3. The number of likely N-dealkylation sites (tertiary alicyclic amines) is 1. The van der Waals surface area contributed by atoms with Crippen molar-refractivity contribution in [1.82, 2.24) is 15.5 Å². The number of aromatic hydroxyl groups is 1. The van der Waals surface area contributed by atoms with E-state index in [0.717, 1.165) is 31.5 Å². The van der Waals surface area contributed by atoms with Gasteiger partial charge in [-0.3, -0.25) is 10.2 Å². The standard InChI is InChI=1S/C29H29Cl2N3O3S/c30-20-13-19(27(35)26(31)14-20)16-34-11-9-18(10-12-34)15-32-28(38)33-29(36)37-17-25-23-7-3-1-5-21(23)22-6-2-4-8-24(22)25/h1-8,13-14,18,25,35H,9-12,15-17H2,(H2,32,33,36,38). The van der Waals surface area contributed by atoms with Gasteiger partial charge in [0.25, 0.3) is 0 Å². The number of fused-ring (bicyclic) bond motifs is 3. The molecular formula is C29H29Cl2N3O3S. The number of alkyl carbamates (subject to hydrolysis) is 1. The molecule has 0 aromatic heterocycles. The molecule has 1 aliphatic heterocycles. The summed E-state index contributed by atoms with van der Waals surface area (Å²) in [6, 6.07) is 19.8. The first kappa shape index (κ1) is 26.8. The van der Waals surface area contributed by atoms with E-state index in [4.69, 9.17) is 40.2 Å². The maximum atomic E-state index is 12.5. The molecule has 0 unspecified atom stereocenters. The normalized spacial score (nSPS) is 15.5. The Morgan fingerprint density at radius 3 is 2.32 bits per heavy atom. The van der Waals surface area contributed by atoms with E-state index in [2.05, 4.69) is 39.8 Å². The predicted octanol–water partition coefficient (Wildman–Crippen LogP) is 6.32. The van der Waals surface area contributed by atoms with Crippen molar-refractivity contribution in [3.8, 4) is 16.9 Å². The van der Waals surface area contributed by atoms with Crippen LogP contribution in [0.3, 0.4) is 0 Å². The molecule has 2 aliphatic rings. The van der Waals surface area contributed by atoms with E-state index in [1.165, 1.54) is 22.3 Å². The number of rotatable bonds is 6. The van der Waals surface area contributed by atoms with Crippen LogP contribution in [0.4, 0.5) is 4.79 Å². The molecule has 1 saturated heterocycles. The zero-order valence-corrected chi connectivity index (χ0v) is 23.1. The lowest BCUT2D eigenvalue weighted by molar-refractivity contribution is 0.148. The maximum Gasteiger partial charge on any atom is 0.413 e.